The van der Waals surface area contributed by atoms with E-state index in [1.54, 1.807) is 0 Å². The van der Waals surface area contributed by atoms with Crippen LogP contribution in [-0.2, 0) is 0 Å². The maximum Gasteiger partial charge on any atom is 0.0671 e. The topological polar surface area (TPSA) is 40.7 Å². The number of benzene rings is 1. The van der Waals surface area contributed by atoms with E-state index in [4.69, 9.17) is 0 Å². The highest BCUT2D eigenvalue weighted by Crippen LogP contribution is 2.25. The lowest BCUT2D eigenvalue weighted by molar-refractivity contribution is 0.620. The number of H-pyrrole nitrogens is 1. The third-order valence-electron chi connectivity index (χ3n) is 3.70. The fraction of sp³-hybridized carbons (Fsp3) is 0.500. The second-order valence-electron chi connectivity index (χ2n) is 4.97. The van der Waals surface area contributed by atoms with E-state index < -0.39 is 0 Å². The molecule has 3 nitrogen and oxygen atoms in total. The van der Waals surface area contributed by atoms with Gasteiger partial charge in [0.05, 0.1) is 11.7 Å². The molecular weight excluding hydrogens is 210 g/mol. The average Bonchev–Trinajstić information content (AvgIpc) is 2.69. The molecule has 1 saturated carbocycles. The van der Waals surface area contributed by atoms with E-state index in [0.717, 1.165) is 5.52 Å². The van der Waals surface area contributed by atoms with Crippen LogP contribution in [0.15, 0.2) is 24.4 Å². The Kier molecular flexibility index (Phi) is 2.99. The molecule has 0 saturated heterocycles. The van der Waals surface area contributed by atoms with Crippen LogP contribution in [0.1, 0.15) is 38.5 Å². The van der Waals surface area contributed by atoms with Crippen LogP contribution >= 0.6 is 0 Å². The van der Waals surface area contributed by atoms with Crippen molar-refractivity contribution in [2.24, 2.45) is 0 Å². The molecule has 2 aromatic rings. The molecule has 0 radical (unpaired) electrons. The Morgan fingerprint density at radius 2 is 1.94 bits per heavy atom. The average molecular weight is 229 g/mol. The minimum absolute atomic E-state index is 0.637. The highest BCUT2D eigenvalue weighted by Gasteiger charge is 2.13. The summed E-state index contributed by atoms with van der Waals surface area (Å²) in [4.78, 5) is 0. The Morgan fingerprint density at radius 1 is 1.12 bits per heavy atom. The fourth-order valence-electron chi connectivity index (χ4n) is 2.74. The standard InChI is InChI=1S/C14H19N3/c1-2-4-7-11(6-3-1)16-13-8-5-9-14-12(13)10-15-17-14/h5,8-11,16H,1-4,6-7H2,(H,15,17). The molecule has 1 aromatic carbocycles. The van der Waals surface area contributed by atoms with Gasteiger partial charge in [-0.2, -0.15) is 5.10 Å². The summed E-state index contributed by atoms with van der Waals surface area (Å²) >= 11 is 0. The van der Waals surface area contributed by atoms with Crippen LogP contribution in [0.5, 0.6) is 0 Å². The highest BCUT2D eigenvalue weighted by atomic mass is 15.1. The van der Waals surface area contributed by atoms with Crippen molar-refractivity contribution in [3.8, 4) is 0 Å². The van der Waals surface area contributed by atoms with Gasteiger partial charge in [0, 0.05) is 17.1 Å². The van der Waals surface area contributed by atoms with Crippen LogP contribution < -0.4 is 5.32 Å². The molecule has 0 unspecified atom stereocenters. The highest BCUT2D eigenvalue weighted by molar-refractivity contribution is 5.90. The monoisotopic (exact) mass is 229 g/mol. The van der Waals surface area contributed by atoms with Gasteiger partial charge < -0.3 is 5.32 Å². The molecule has 17 heavy (non-hydrogen) atoms. The van der Waals surface area contributed by atoms with Crippen LogP contribution in [-0.4, -0.2) is 16.2 Å². The molecule has 90 valence electrons. The summed E-state index contributed by atoms with van der Waals surface area (Å²) < 4.78 is 0. The summed E-state index contributed by atoms with van der Waals surface area (Å²) in [5, 5.41) is 12.0. The molecule has 1 fully saturated rings. The number of rotatable bonds is 2. The first-order chi connectivity index (χ1) is 8.43. The second kappa shape index (κ2) is 4.78. The summed E-state index contributed by atoms with van der Waals surface area (Å²) in [6.45, 7) is 0. The summed E-state index contributed by atoms with van der Waals surface area (Å²) in [6, 6.07) is 6.95. The summed E-state index contributed by atoms with van der Waals surface area (Å²) in [6.07, 6.45) is 10.0. The molecule has 1 aliphatic carbocycles. The fourth-order valence-corrected chi connectivity index (χ4v) is 2.74. The van der Waals surface area contributed by atoms with Crippen molar-refractivity contribution < 1.29 is 0 Å². The normalized spacial score (nSPS) is 18.1. The molecule has 0 amide bonds. The molecular formula is C14H19N3. The van der Waals surface area contributed by atoms with Crippen LogP contribution in [0.3, 0.4) is 0 Å². The minimum atomic E-state index is 0.637. The van der Waals surface area contributed by atoms with Crippen LogP contribution in [0.25, 0.3) is 10.9 Å². The van der Waals surface area contributed by atoms with Gasteiger partial charge >= 0.3 is 0 Å². The zero-order valence-electron chi connectivity index (χ0n) is 10.1. The molecule has 0 atom stereocenters. The van der Waals surface area contributed by atoms with Crippen molar-refractivity contribution in [3.05, 3.63) is 24.4 Å². The van der Waals surface area contributed by atoms with Gasteiger partial charge in [0.2, 0.25) is 0 Å². The van der Waals surface area contributed by atoms with Crippen molar-refractivity contribution in [2.45, 2.75) is 44.6 Å². The SMILES string of the molecule is c1cc(NC2CCCCCC2)c2cn[nH]c2c1. The van der Waals surface area contributed by atoms with Gasteiger partial charge in [-0.25, -0.2) is 0 Å². The number of aromatic amines is 1. The van der Waals surface area contributed by atoms with Gasteiger partial charge in [0.15, 0.2) is 0 Å². The Balaban J connectivity index is 1.81. The molecule has 3 heteroatoms. The minimum Gasteiger partial charge on any atom is -0.382 e. The lowest BCUT2D eigenvalue weighted by Crippen LogP contribution is -2.18. The number of fused-ring (bicyclic) bond motifs is 1. The Morgan fingerprint density at radius 3 is 2.76 bits per heavy atom. The Labute approximate surface area is 102 Å². The zero-order chi connectivity index (χ0) is 11.5. The summed E-state index contributed by atoms with van der Waals surface area (Å²) in [5.41, 5.74) is 2.34. The second-order valence-corrected chi connectivity index (χ2v) is 4.97. The third kappa shape index (κ3) is 2.28. The van der Waals surface area contributed by atoms with Gasteiger partial charge in [-0.15, -0.1) is 0 Å². The number of nitrogens with zero attached hydrogens (tertiary/aromatic N) is 1. The van der Waals surface area contributed by atoms with Gasteiger partial charge in [-0.3, -0.25) is 5.10 Å². The Bertz CT molecular complexity index is 481. The van der Waals surface area contributed by atoms with E-state index in [1.165, 1.54) is 49.6 Å². The molecule has 3 rings (SSSR count). The smallest absolute Gasteiger partial charge is 0.0671 e. The van der Waals surface area contributed by atoms with Gasteiger partial charge in [0.25, 0.3) is 0 Å². The van der Waals surface area contributed by atoms with E-state index in [2.05, 4.69) is 33.7 Å². The zero-order valence-corrected chi connectivity index (χ0v) is 10.1. The van der Waals surface area contributed by atoms with E-state index >= 15 is 0 Å². The molecule has 1 aromatic heterocycles. The number of hydrogen-bond acceptors (Lipinski definition) is 2. The van der Waals surface area contributed by atoms with Crippen molar-refractivity contribution in [1.82, 2.24) is 10.2 Å². The predicted octanol–water partition coefficient (Wildman–Crippen LogP) is 3.70. The predicted molar refractivity (Wildman–Crippen MR) is 71.2 cm³/mol. The maximum atomic E-state index is 4.11. The molecule has 1 heterocycles. The van der Waals surface area contributed by atoms with E-state index in [-0.39, 0.29) is 0 Å². The molecule has 0 aliphatic heterocycles. The van der Waals surface area contributed by atoms with Crippen molar-refractivity contribution >= 4 is 16.6 Å². The van der Waals surface area contributed by atoms with Crippen molar-refractivity contribution in [2.75, 3.05) is 5.32 Å². The first-order valence-electron chi connectivity index (χ1n) is 6.62. The maximum absolute atomic E-state index is 4.11. The first-order valence-corrected chi connectivity index (χ1v) is 6.62. The quantitative estimate of drug-likeness (QED) is 0.771. The van der Waals surface area contributed by atoms with Crippen LogP contribution in [0.4, 0.5) is 5.69 Å². The van der Waals surface area contributed by atoms with Gasteiger partial charge in [-0.1, -0.05) is 31.7 Å². The molecule has 1 aliphatic rings. The van der Waals surface area contributed by atoms with Crippen LogP contribution in [0, 0.1) is 0 Å². The number of nitrogens with one attached hydrogen (secondary N) is 2. The van der Waals surface area contributed by atoms with Crippen molar-refractivity contribution in [3.63, 3.8) is 0 Å². The summed E-state index contributed by atoms with van der Waals surface area (Å²) in [7, 11) is 0. The summed E-state index contributed by atoms with van der Waals surface area (Å²) in [5.74, 6) is 0. The lowest BCUT2D eigenvalue weighted by Gasteiger charge is -2.18. The van der Waals surface area contributed by atoms with E-state index in [1.807, 2.05) is 6.20 Å². The molecule has 0 spiro atoms. The van der Waals surface area contributed by atoms with Gasteiger partial charge in [-0.05, 0) is 25.0 Å². The first kappa shape index (κ1) is 10.6. The van der Waals surface area contributed by atoms with Crippen molar-refractivity contribution in [1.29, 1.82) is 0 Å². The van der Waals surface area contributed by atoms with E-state index in [9.17, 15) is 0 Å². The Hall–Kier alpha value is -1.51. The number of aromatic nitrogens is 2. The largest absolute Gasteiger partial charge is 0.382 e. The number of anilines is 1. The molecule has 2 N–H and O–H groups in total. The lowest BCUT2D eigenvalue weighted by atomic mass is 10.1. The number of hydrogen-bond donors (Lipinski definition) is 2. The van der Waals surface area contributed by atoms with Gasteiger partial charge in [0.1, 0.15) is 0 Å². The van der Waals surface area contributed by atoms with Crippen LogP contribution in [0.2, 0.25) is 0 Å². The van der Waals surface area contributed by atoms with E-state index in [0.29, 0.717) is 6.04 Å². The molecule has 0 bridgehead atoms. The third-order valence-corrected chi connectivity index (χ3v) is 3.70.